The van der Waals surface area contributed by atoms with Gasteiger partial charge in [0, 0.05) is 22.9 Å². The van der Waals surface area contributed by atoms with Crippen LogP contribution in [0.25, 0.3) is 65.9 Å². The second-order valence-electron chi connectivity index (χ2n) is 11.8. The third-order valence-corrected chi connectivity index (χ3v) is 8.16. The van der Waals surface area contributed by atoms with Crippen LogP contribution in [0, 0.1) is 12.7 Å². The SMILES string of the molecule is [2H]c1c(-c2c(F)ccc3c2oc2c(-c4cccc[n+]4C)c(C)ccc23)c2ccc(C(C)(C)C)cc2c2ccccc12. The van der Waals surface area contributed by atoms with E-state index in [0.717, 1.165) is 54.7 Å². The van der Waals surface area contributed by atoms with E-state index in [-0.39, 0.29) is 5.41 Å². The molecule has 0 aliphatic heterocycles. The van der Waals surface area contributed by atoms with Crippen LogP contribution in [0.15, 0.2) is 102 Å². The van der Waals surface area contributed by atoms with Crippen molar-refractivity contribution in [3.8, 4) is 22.4 Å². The number of hydrogen-bond acceptors (Lipinski definition) is 1. The Morgan fingerprint density at radius 1 is 0.750 bits per heavy atom. The first-order valence-corrected chi connectivity index (χ1v) is 13.7. The summed E-state index contributed by atoms with van der Waals surface area (Å²) in [5.41, 5.74) is 6.30. The van der Waals surface area contributed by atoms with Crippen molar-refractivity contribution >= 4 is 43.5 Å². The molecular weight excluding hydrogens is 493 g/mol. The van der Waals surface area contributed by atoms with Gasteiger partial charge in [0.05, 0.1) is 12.5 Å². The number of benzene rings is 5. The fraction of sp³-hybridized carbons (Fsp3) is 0.162. The Kier molecular flexibility index (Phi) is 5.12. The third-order valence-electron chi connectivity index (χ3n) is 8.16. The number of rotatable bonds is 2. The predicted octanol–water partition coefficient (Wildman–Crippen LogP) is 9.80. The molecule has 0 aliphatic rings. The number of halogens is 1. The summed E-state index contributed by atoms with van der Waals surface area (Å²) in [5.74, 6) is -0.398. The minimum absolute atomic E-state index is 0.0546. The van der Waals surface area contributed by atoms with Gasteiger partial charge in [0.25, 0.3) is 0 Å². The Balaban J connectivity index is 1.64. The molecule has 7 rings (SSSR count). The summed E-state index contributed by atoms with van der Waals surface area (Å²) >= 11 is 0. The van der Waals surface area contributed by atoms with Crippen LogP contribution in [0.2, 0.25) is 0 Å². The molecule has 0 unspecified atom stereocenters. The van der Waals surface area contributed by atoms with Crippen molar-refractivity contribution in [3.05, 3.63) is 114 Å². The van der Waals surface area contributed by atoms with Gasteiger partial charge in [-0.05, 0) is 80.9 Å². The number of nitrogens with zero attached hydrogens (tertiary/aromatic N) is 1. The van der Waals surface area contributed by atoms with Gasteiger partial charge in [0.1, 0.15) is 24.0 Å². The van der Waals surface area contributed by atoms with E-state index in [1.54, 1.807) is 6.07 Å². The molecule has 0 radical (unpaired) electrons. The standard InChI is InChI=1S/C37H31FNO/c1-22-13-15-27-28-17-18-31(38)34(36(28)40-35(27)33(22)32-12-8-9-19-39(32)5)30-20-23-10-6-7-11-25(23)29-21-24(37(2,3)4)14-16-26(29)30/h6-21H,1-5H3/q+1/i20D. The Hall–Kier alpha value is -4.50. The smallest absolute Gasteiger partial charge is 0.216 e. The van der Waals surface area contributed by atoms with Gasteiger partial charge in [-0.15, -0.1) is 0 Å². The lowest BCUT2D eigenvalue weighted by molar-refractivity contribution is -0.660. The average Bonchev–Trinajstić information content (AvgIpc) is 3.32. The fourth-order valence-electron chi connectivity index (χ4n) is 5.99. The Morgan fingerprint density at radius 3 is 2.23 bits per heavy atom. The molecule has 3 heteroatoms. The van der Waals surface area contributed by atoms with Crippen LogP contribution in [-0.4, -0.2) is 0 Å². The highest BCUT2D eigenvalue weighted by atomic mass is 19.1. The molecule has 7 aromatic rings. The lowest BCUT2D eigenvalue weighted by Crippen LogP contribution is -2.30. The first-order chi connectivity index (χ1) is 19.6. The maximum absolute atomic E-state index is 16.1. The first-order valence-electron chi connectivity index (χ1n) is 14.2. The average molecular weight is 526 g/mol. The van der Waals surface area contributed by atoms with E-state index in [2.05, 4.69) is 74.7 Å². The summed E-state index contributed by atoms with van der Waals surface area (Å²) in [6.45, 7) is 8.65. The number of furan rings is 1. The molecule has 0 bridgehead atoms. The number of fused-ring (bicyclic) bond motifs is 6. The third kappa shape index (κ3) is 3.65. The summed E-state index contributed by atoms with van der Waals surface area (Å²) < 4.78 is 34.3. The highest BCUT2D eigenvalue weighted by Crippen LogP contribution is 2.45. The Morgan fingerprint density at radius 2 is 1.45 bits per heavy atom. The second kappa shape index (κ2) is 8.76. The normalized spacial score (nSPS) is 12.6. The zero-order chi connectivity index (χ0) is 28.6. The van der Waals surface area contributed by atoms with Crippen molar-refractivity contribution in [2.24, 2.45) is 7.05 Å². The van der Waals surface area contributed by atoms with Crippen molar-refractivity contribution in [2.75, 3.05) is 0 Å². The fourth-order valence-corrected chi connectivity index (χ4v) is 5.99. The summed E-state index contributed by atoms with van der Waals surface area (Å²) in [4.78, 5) is 0. The van der Waals surface area contributed by atoms with Gasteiger partial charge in [-0.1, -0.05) is 69.3 Å². The molecule has 2 heterocycles. The lowest BCUT2D eigenvalue weighted by atomic mass is 9.84. The highest BCUT2D eigenvalue weighted by molar-refractivity contribution is 6.19. The summed E-state index contributed by atoms with van der Waals surface area (Å²) in [6.07, 6.45) is 2.01. The van der Waals surface area contributed by atoms with E-state index in [1.807, 2.05) is 43.6 Å². The lowest BCUT2D eigenvalue weighted by Gasteiger charge is -2.21. The van der Waals surface area contributed by atoms with E-state index < -0.39 is 5.82 Å². The number of hydrogen-bond donors (Lipinski definition) is 0. The molecule has 0 saturated heterocycles. The molecule has 196 valence electrons. The van der Waals surface area contributed by atoms with E-state index in [1.165, 1.54) is 11.6 Å². The van der Waals surface area contributed by atoms with Gasteiger partial charge in [-0.3, -0.25) is 0 Å². The monoisotopic (exact) mass is 525 g/mol. The van der Waals surface area contributed by atoms with Crippen LogP contribution in [0.3, 0.4) is 0 Å². The molecule has 2 nitrogen and oxygen atoms in total. The van der Waals surface area contributed by atoms with Crippen molar-refractivity contribution in [1.29, 1.82) is 0 Å². The highest BCUT2D eigenvalue weighted by Gasteiger charge is 2.24. The molecule has 0 aliphatic carbocycles. The summed E-state index contributed by atoms with van der Waals surface area (Å²) in [6, 6.07) is 28.2. The van der Waals surface area contributed by atoms with E-state index in [9.17, 15) is 1.37 Å². The Labute approximate surface area is 234 Å². The molecular formula is C37H31FNO+. The van der Waals surface area contributed by atoms with Crippen molar-refractivity contribution in [2.45, 2.75) is 33.1 Å². The van der Waals surface area contributed by atoms with E-state index in [0.29, 0.717) is 22.8 Å². The molecule has 0 spiro atoms. The second-order valence-corrected chi connectivity index (χ2v) is 11.8. The minimum Gasteiger partial charge on any atom is -0.454 e. The maximum atomic E-state index is 16.1. The first kappa shape index (κ1) is 23.4. The molecule has 0 fully saturated rings. The molecule has 5 aromatic carbocycles. The van der Waals surface area contributed by atoms with Crippen LogP contribution in [0.1, 0.15) is 33.3 Å². The van der Waals surface area contributed by atoms with Crippen LogP contribution in [-0.2, 0) is 12.5 Å². The molecule has 0 saturated carbocycles. The molecule has 2 aromatic heterocycles. The van der Waals surface area contributed by atoms with Gasteiger partial charge in [0.2, 0.25) is 5.69 Å². The summed E-state index contributed by atoms with van der Waals surface area (Å²) in [7, 11) is 2.01. The topological polar surface area (TPSA) is 17.0 Å². The van der Waals surface area contributed by atoms with Gasteiger partial charge >= 0.3 is 0 Å². The van der Waals surface area contributed by atoms with Crippen LogP contribution >= 0.6 is 0 Å². The number of aryl methyl sites for hydroxylation is 2. The van der Waals surface area contributed by atoms with Crippen molar-refractivity contribution in [1.82, 2.24) is 0 Å². The Bertz CT molecular complexity index is 2180. The molecule has 40 heavy (non-hydrogen) atoms. The predicted molar refractivity (Wildman–Crippen MR) is 164 cm³/mol. The van der Waals surface area contributed by atoms with Gasteiger partial charge < -0.3 is 4.42 Å². The van der Waals surface area contributed by atoms with Gasteiger partial charge in [-0.2, -0.15) is 0 Å². The molecule has 0 N–H and O–H groups in total. The van der Waals surface area contributed by atoms with Gasteiger partial charge in [-0.25, -0.2) is 8.96 Å². The van der Waals surface area contributed by atoms with Gasteiger partial charge in [0.15, 0.2) is 6.20 Å². The largest absolute Gasteiger partial charge is 0.454 e. The summed E-state index contributed by atoms with van der Waals surface area (Å²) in [5, 5.41) is 5.41. The zero-order valence-electron chi connectivity index (χ0n) is 24.4. The van der Waals surface area contributed by atoms with E-state index >= 15 is 4.39 Å². The molecule has 0 atom stereocenters. The van der Waals surface area contributed by atoms with Crippen LogP contribution in [0.5, 0.6) is 0 Å². The number of aromatic nitrogens is 1. The van der Waals surface area contributed by atoms with Crippen molar-refractivity contribution < 1.29 is 14.7 Å². The zero-order valence-corrected chi connectivity index (χ0v) is 23.4. The molecule has 0 amide bonds. The number of pyridine rings is 1. The maximum Gasteiger partial charge on any atom is 0.216 e. The minimum atomic E-state index is -0.398. The van der Waals surface area contributed by atoms with Crippen molar-refractivity contribution in [3.63, 3.8) is 0 Å². The van der Waals surface area contributed by atoms with E-state index in [4.69, 9.17) is 4.42 Å². The quantitative estimate of drug-likeness (QED) is 0.162. The van der Waals surface area contributed by atoms with Crippen LogP contribution < -0.4 is 4.57 Å². The van der Waals surface area contributed by atoms with Crippen LogP contribution in [0.4, 0.5) is 4.39 Å².